The third-order valence-electron chi connectivity index (χ3n) is 2.56. The predicted octanol–water partition coefficient (Wildman–Crippen LogP) is 2.18. The van der Waals surface area contributed by atoms with Crippen molar-refractivity contribution in [2.24, 2.45) is 0 Å². The van der Waals surface area contributed by atoms with E-state index in [1.165, 1.54) is 11.8 Å². The topological polar surface area (TPSA) is 66.4 Å². The Labute approximate surface area is 121 Å². The van der Waals surface area contributed by atoms with E-state index in [-0.39, 0.29) is 12.5 Å². The highest BCUT2D eigenvalue weighted by molar-refractivity contribution is 7.98. The summed E-state index contributed by atoms with van der Waals surface area (Å²) in [6, 6.07) is -1.17. The zero-order valence-electron chi connectivity index (χ0n) is 10.8. The summed E-state index contributed by atoms with van der Waals surface area (Å²) in [5.74, 6) is -10.1. The Morgan fingerprint density at radius 3 is 2.38 bits per heavy atom. The summed E-state index contributed by atoms with van der Waals surface area (Å²) in [6.07, 6.45) is 1.75. The molecule has 21 heavy (non-hydrogen) atoms. The molecule has 0 radical (unpaired) electrons. The van der Waals surface area contributed by atoms with Crippen molar-refractivity contribution in [2.75, 3.05) is 12.0 Å². The van der Waals surface area contributed by atoms with Crippen LogP contribution in [0.1, 0.15) is 16.8 Å². The summed E-state index contributed by atoms with van der Waals surface area (Å²) >= 11 is 1.32. The molecular weight excluding hydrogens is 314 g/mol. The molecule has 1 unspecified atom stereocenters. The van der Waals surface area contributed by atoms with Crippen molar-refractivity contribution in [3.8, 4) is 0 Å². The van der Waals surface area contributed by atoms with Gasteiger partial charge in [-0.25, -0.2) is 22.4 Å². The molecule has 116 valence electrons. The molecule has 1 rings (SSSR count). The van der Waals surface area contributed by atoms with Gasteiger partial charge >= 0.3 is 5.97 Å². The first-order valence-electron chi connectivity index (χ1n) is 5.65. The van der Waals surface area contributed by atoms with Crippen LogP contribution in [0.25, 0.3) is 0 Å². The minimum Gasteiger partial charge on any atom is -0.480 e. The molecule has 0 fully saturated rings. The standard InChI is InChI=1S/C12H11F4NO3S/c1-21-3-2-7(12(19)20)17-11(18)5-4-6(13)9(15)10(16)8(5)14/h4,7H,2-3H2,1H3,(H,17,18)(H,19,20). The molecule has 4 nitrogen and oxygen atoms in total. The Morgan fingerprint density at radius 2 is 1.86 bits per heavy atom. The van der Waals surface area contributed by atoms with Gasteiger partial charge in [0.15, 0.2) is 23.3 Å². The maximum absolute atomic E-state index is 13.4. The first kappa shape index (κ1) is 17.3. The molecule has 0 spiro atoms. The van der Waals surface area contributed by atoms with E-state index in [1.807, 2.05) is 5.32 Å². The fraction of sp³-hybridized carbons (Fsp3) is 0.333. The summed E-state index contributed by atoms with van der Waals surface area (Å²) in [7, 11) is 0. The number of hydrogen-bond acceptors (Lipinski definition) is 3. The molecular formula is C12H11F4NO3S. The highest BCUT2D eigenvalue weighted by Crippen LogP contribution is 2.19. The van der Waals surface area contributed by atoms with E-state index in [0.29, 0.717) is 5.75 Å². The second kappa shape index (κ2) is 7.30. The number of carbonyl (C=O) groups is 2. The molecule has 1 aromatic carbocycles. The fourth-order valence-corrected chi connectivity index (χ4v) is 1.94. The van der Waals surface area contributed by atoms with E-state index in [9.17, 15) is 27.2 Å². The first-order chi connectivity index (χ1) is 9.79. The molecule has 2 N–H and O–H groups in total. The quantitative estimate of drug-likeness (QED) is 0.478. The van der Waals surface area contributed by atoms with Crippen molar-refractivity contribution < 1.29 is 32.3 Å². The van der Waals surface area contributed by atoms with Crippen LogP contribution in [0.2, 0.25) is 0 Å². The van der Waals surface area contributed by atoms with Gasteiger partial charge < -0.3 is 10.4 Å². The zero-order valence-corrected chi connectivity index (χ0v) is 11.6. The summed E-state index contributed by atoms with van der Waals surface area (Å²) < 4.78 is 52.2. The minimum atomic E-state index is -2.13. The zero-order chi connectivity index (χ0) is 16.2. The molecule has 0 saturated carbocycles. The van der Waals surface area contributed by atoms with Crippen LogP contribution in [-0.4, -0.2) is 35.0 Å². The first-order valence-corrected chi connectivity index (χ1v) is 7.04. The molecule has 0 aliphatic rings. The largest absolute Gasteiger partial charge is 0.480 e. The number of carboxylic acid groups (broad SMARTS) is 1. The van der Waals surface area contributed by atoms with E-state index in [2.05, 4.69) is 0 Å². The van der Waals surface area contributed by atoms with Gasteiger partial charge in [-0.2, -0.15) is 11.8 Å². The van der Waals surface area contributed by atoms with Crippen LogP contribution in [0.5, 0.6) is 0 Å². The van der Waals surface area contributed by atoms with Crippen LogP contribution in [0, 0.1) is 23.3 Å². The molecule has 1 aromatic rings. The Morgan fingerprint density at radius 1 is 1.24 bits per heavy atom. The summed E-state index contributed by atoms with van der Waals surface area (Å²) in [5.41, 5.74) is -1.10. The average Bonchev–Trinajstić information content (AvgIpc) is 2.44. The van der Waals surface area contributed by atoms with Crippen molar-refractivity contribution >= 4 is 23.6 Å². The Balaban J connectivity index is 3.00. The van der Waals surface area contributed by atoms with Crippen LogP contribution in [0.4, 0.5) is 17.6 Å². The van der Waals surface area contributed by atoms with Gasteiger partial charge in [0.25, 0.3) is 5.91 Å². The van der Waals surface area contributed by atoms with Crippen molar-refractivity contribution in [1.82, 2.24) is 5.32 Å². The van der Waals surface area contributed by atoms with Crippen molar-refractivity contribution in [2.45, 2.75) is 12.5 Å². The SMILES string of the molecule is CSCCC(NC(=O)c1cc(F)c(F)c(F)c1F)C(=O)O. The second-order valence-electron chi connectivity index (χ2n) is 3.99. The van der Waals surface area contributed by atoms with E-state index in [1.54, 1.807) is 6.26 Å². The predicted molar refractivity (Wildman–Crippen MR) is 68.2 cm³/mol. The lowest BCUT2D eigenvalue weighted by molar-refractivity contribution is -0.139. The number of thioether (sulfide) groups is 1. The number of halogens is 4. The van der Waals surface area contributed by atoms with E-state index < -0.39 is 46.8 Å². The number of benzene rings is 1. The Hall–Kier alpha value is -1.77. The summed E-state index contributed by atoms with van der Waals surface area (Å²) in [4.78, 5) is 22.6. The van der Waals surface area contributed by atoms with Gasteiger partial charge in [0.2, 0.25) is 0 Å². The Bertz CT molecular complexity index is 568. The molecule has 0 heterocycles. The van der Waals surface area contributed by atoms with Crippen molar-refractivity contribution in [3.05, 3.63) is 34.9 Å². The van der Waals surface area contributed by atoms with E-state index >= 15 is 0 Å². The summed E-state index contributed by atoms with van der Waals surface area (Å²) in [5, 5.41) is 10.8. The van der Waals surface area contributed by atoms with Gasteiger partial charge in [-0.1, -0.05) is 0 Å². The average molecular weight is 325 g/mol. The molecule has 0 aliphatic carbocycles. The van der Waals surface area contributed by atoms with Crippen molar-refractivity contribution in [1.29, 1.82) is 0 Å². The number of nitrogens with one attached hydrogen (secondary N) is 1. The van der Waals surface area contributed by atoms with Gasteiger partial charge in [-0.15, -0.1) is 0 Å². The summed E-state index contributed by atoms with van der Waals surface area (Å²) in [6.45, 7) is 0. The molecule has 9 heteroatoms. The van der Waals surface area contributed by atoms with E-state index in [0.717, 1.165) is 0 Å². The van der Waals surface area contributed by atoms with Crippen LogP contribution in [-0.2, 0) is 4.79 Å². The number of carbonyl (C=O) groups excluding carboxylic acids is 1. The van der Waals surface area contributed by atoms with Gasteiger partial charge in [-0.05, 0) is 24.5 Å². The molecule has 0 saturated heterocycles. The number of carboxylic acids is 1. The smallest absolute Gasteiger partial charge is 0.326 e. The third kappa shape index (κ3) is 4.10. The van der Waals surface area contributed by atoms with Crippen LogP contribution < -0.4 is 5.32 Å². The number of aliphatic carboxylic acids is 1. The van der Waals surface area contributed by atoms with Gasteiger partial charge in [0.1, 0.15) is 6.04 Å². The van der Waals surface area contributed by atoms with Crippen LogP contribution >= 0.6 is 11.8 Å². The number of hydrogen-bond donors (Lipinski definition) is 2. The normalized spacial score (nSPS) is 12.0. The monoisotopic (exact) mass is 325 g/mol. The van der Waals surface area contributed by atoms with Gasteiger partial charge in [-0.3, -0.25) is 4.79 Å². The van der Waals surface area contributed by atoms with Gasteiger partial charge in [0, 0.05) is 0 Å². The molecule has 0 aliphatic heterocycles. The molecule has 0 aromatic heterocycles. The minimum absolute atomic E-state index is 0.0377. The lowest BCUT2D eigenvalue weighted by Crippen LogP contribution is -2.41. The Kier molecular flexibility index (Phi) is 6.01. The van der Waals surface area contributed by atoms with E-state index in [4.69, 9.17) is 5.11 Å². The molecule has 0 bridgehead atoms. The van der Waals surface area contributed by atoms with Gasteiger partial charge in [0.05, 0.1) is 5.56 Å². The lowest BCUT2D eigenvalue weighted by atomic mass is 10.1. The maximum atomic E-state index is 13.4. The third-order valence-corrected chi connectivity index (χ3v) is 3.21. The van der Waals surface area contributed by atoms with Crippen LogP contribution in [0.15, 0.2) is 6.07 Å². The van der Waals surface area contributed by atoms with Crippen molar-refractivity contribution in [3.63, 3.8) is 0 Å². The highest BCUT2D eigenvalue weighted by Gasteiger charge is 2.26. The highest BCUT2D eigenvalue weighted by atomic mass is 32.2. The number of rotatable bonds is 6. The fourth-order valence-electron chi connectivity index (χ4n) is 1.47. The molecule has 1 amide bonds. The second-order valence-corrected chi connectivity index (χ2v) is 4.98. The molecule has 1 atom stereocenters. The lowest BCUT2D eigenvalue weighted by Gasteiger charge is -2.14. The van der Waals surface area contributed by atoms with Crippen LogP contribution in [0.3, 0.4) is 0 Å². The number of amides is 1. The maximum Gasteiger partial charge on any atom is 0.326 e.